The van der Waals surface area contributed by atoms with E-state index >= 15 is 0 Å². The molecule has 1 fully saturated rings. The molecule has 0 aromatic heterocycles. The predicted octanol–water partition coefficient (Wildman–Crippen LogP) is 0.855. The first-order valence-corrected chi connectivity index (χ1v) is 4.01. The van der Waals surface area contributed by atoms with Crippen LogP contribution in [-0.2, 0) is 4.74 Å². The van der Waals surface area contributed by atoms with Gasteiger partial charge in [-0.05, 0) is 18.8 Å². The Bertz CT molecular complexity index is 66.6. The molecule has 0 spiro atoms. The molecule has 52 valence electrons. The van der Waals surface area contributed by atoms with E-state index in [1.165, 1.54) is 25.6 Å². The van der Waals surface area contributed by atoms with Gasteiger partial charge in [0.1, 0.15) is 7.85 Å². The van der Waals surface area contributed by atoms with Crippen LogP contribution in [0.3, 0.4) is 0 Å². The first-order valence-electron chi connectivity index (χ1n) is 4.01. The van der Waals surface area contributed by atoms with Crippen LogP contribution in [0.1, 0.15) is 19.3 Å². The summed E-state index contributed by atoms with van der Waals surface area (Å²) in [6.07, 6.45) is 5.34. The number of ether oxygens (including phenoxy) is 1. The summed E-state index contributed by atoms with van der Waals surface area (Å²) < 4.78 is 5.25. The quantitative estimate of drug-likeness (QED) is 0.498. The number of hydrogen-bond acceptors (Lipinski definition) is 1. The second-order valence-corrected chi connectivity index (χ2v) is 2.84. The third kappa shape index (κ3) is 2.40. The average Bonchev–Trinajstić information content (AvgIpc) is 1.91. The zero-order valence-corrected chi connectivity index (χ0v) is 6.23. The molecular formula is C7H15BO. The molecule has 0 radical (unpaired) electrons. The molecule has 0 N–H and O–H groups in total. The molecule has 0 aromatic carbocycles. The van der Waals surface area contributed by atoms with Crippen molar-refractivity contribution in [2.45, 2.75) is 25.6 Å². The van der Waals surface area contributed by atoms with E-state index in [4.69, 9.17) is 4.74 Å². The van der Waals surface area contributed by atoms with Gasteiger partial charge in [0.05, 0.1) is 0 Å². The van der Waals surface area contributed by atoms with Crippen LogP contribution in [0.25, 0.3) is 0 Å². The molecule has 0 unspecified atom stereocenters. The molecule has 0 atom stereocenters. The maximum atomic E-state index is 5.25. The summed E-state index contributed by atoms with van der Waals surface area (Å²) in [4.78, 5) is 0. The maximum Gasteiger partial charge on any atom is 0.101 e. The maximum absolute atomic E-state index is 5.25. The van der Waals surface area contributed by atoms with E-state index in [2.05, 4.69) is 7.85 Å². The van der Waals surface area contributed by atoms with Crippen LogP contribution in [-0.4, -0.2) is 21.1 Å². The zero-order valence-electron chi connectivity index (χ0n) is 6.23. The largest absolute Gasteiger partial charge is 0.381 e. The third-order valence-electron chi connectivity index (χ3n) is 2.04. The molecule has 0 bridgehead atoms. The van der Waals surface area contributed by atoms with Gasteiger partial charge in [0, 0.05) is 13.2 Å². The van der Waals surface area contributed by atoms with Crippen molar-refractivity contribution in [1.82, 2.24) is 0 Å². The van der Waals surface area contributed by atoms with Crippen molar-refractivity contribution in [1.29, 1.82) is 0 Å². The van der Waals surface area contributed by atoms with E-state index in [0.717, 1.165) is 19.1 Å². The second-order valence-electron chi connectivity index (χ2n) is 2.84. The van der Waals surface area contributed by atoms with Crippen LogP contribution in [0.15, 0.2) is 0 Å². The minimum absolute atomic E-state index is 0.976. The summed E-state index contributed by atoms with van der Waals surface area (Å²) in [7, 11) is 2.26. The van der Waals surface area contributed by atoms with Gasteiger partial charge in [0.2, 0.25) is 0 Å². The third-order valence-corrected chi connectivity index (χ3v) is 2.04. The van der Waals surface area contributed by atoms with Crippen LogP contribution < -0.4 is 0 Å². The molecule has 1 saturated heterocycles. The van der Waals surface area contributed by atoms with Crippen molar-refractivity contribution in [2.75, 3.05) is 13.2 Å². The van der Waals surface area contributed by atoms with Crippen LogP contribution in [0.5, 0.6) is 0 Å². The molecule has 0 amide bonds. The topological polar surface area (TPSA) is 9.23 Å². The summed E-state index contributed by atoms with van der Waals surface area (Å²) in [5.74, 6) is 0.976. The molecule has 1 aliphatic rings. The van der Waals surface area contributed by atoms with Crippen molar-refractivity contribution >= 4 is 7.85 Å². The smallest absolute Gasteiger partial charge is 0.101 e. The minimum atomic E-state index is 0.976. The molecule has 1 heterocycles. The summed E-state index contributed by atoms with van der Waals surface area (Å²) in [6.45, 7) is 2.01. The Morgan fingerprint density at radius 3 is 2.56 bits per heavy atom. The Labute approximate surface area is 58.2 Å². The van der Waals surface area contributed by atoms with Crippen LogP contribution >= 0.6 is 0 Å². The number of hydrogen-bond donors (Lipinski definition) is 0. The summed E-state index contributed by atoms with van der Waals surface area (Å²) in [6, 6.07) is 0. The number of rotatable bonds is 2. The van der Waals surface area contributed by atoms with Gasteiger partial charge in [-0.2, -0.15) is 0 Å². The highest BCUT2D eigenvalue weighted by molar-refractivity contribution is 6.08. The van der Waals surface area contributed by atoms with Crippen molar-refractivity contribution in [3.8, 4) is 0 Å². The van der Waals surface area contributed by atoms with Crippen molar-refractivity contribution < 1.29 is 4.74 Å². The summed E-state index contributed by atoms with van der Waals surface area (Å²) in [5.41, 5.74) is 0. The van der Waals surface area contributed by atoms with Crippen molar-refractivity contribution in [3.05, 3.63) is 0 Å². The van der Waals surface area contributed by atoms with Gasteiger partial charge >= 0.3 is 0 Å². The average molecular weight is 126 g/mol. The highest BCUT2D eigenvalue weighted by Crippen LogP contribution is 2.18. The molecule has 0 aliphatic carbocycles. The van der Waals surface area contributed by atoms with Gasteiger partial charge in [0.15, 0.2) is 0 Å². The first kappa shape index (κ1) is 7.14. The molecule has 2 heteroatoms. The first-order chi connectivity index (χ1) is 4.43. The van der Waals surface area contributed by atoms with E-state index in [0.29, 0.717) is 0 Å². The van der Waals surface area contributed by atoms with Crippen molar-refractivity contribution in [3.63, 3.8) is 0 Å². The van der Waals surface area contributed by atoms with Crippen LogP contribution in [0.2, 0.25) is 6.32 Å². The fraction of sp³-hybridized carbons (Fsp3) is 1.00. The minimum Gasteiger partial charge on any atom is -0.381 e. The summed E-state index contributed by atoms with van der Waals surface area (Å²) in [5, 5.41) is 0. The van der Waals surface area contributed by atoms with Crippen LogP contribution in [0, 0.1) is 5.92 Å². The molecular weight excluding hydrogens is 111 g/mol. The Morgan fingerprint density at radius 2 is 2.00 bits per heavy atom. The van der Waals surface area contributed by atoms with Crippen molar-refractivity contribution in [2.24, 2.45) is 5.92 Å². The van der Waals surface area contributed by atoms with Gasteiger partial charge in [-0.25, -0.2) is 0 Å². The van der Waals surface area contributed by atoms with Gasteiger partial charge in [-0.3, -0.25) is 0 Å². The molecule has 9 heavy (non-hydrogen) atoms. The zero-order chi connectivity index (χ0) is 6.53. The molecule has 0 saturated carbocycles. The molecule has 1 rings (SSSR count). The normalized spacial score (nSPS) is 22.2. The highest BCUT2D eigenvalue weighted by Gasteiger charge is 2.11. The predicted molar refractivity (Wildman–Crippen MR) is 41.5 cm³/mol. The van der Waals surface area contributed by atoms with Crippen LogP contribution in [0.4, 0.5) is 0 Å². The van der Waals surface area contributed by atoms with E-state index in [1.54, 1.807) is 0 Å². The van der Waals surface area contributed by atoms with Gasteiger partial charge < -0.3 is 4.74 Å². The standard InChI is InChI=1S/C7H15BO/c8-4-1-7-2-5-9-6-3-7/h7H,1-6,8H2. The van der Waals surface area contributed by atoms with Gasteiger partial charge in [0.25, 0.3) is 0 Å². The molecule has 1 aliphatic heterocycles. The lowest BCUT2D eigenvalue weighted by Crippen LogP contribution is -2.15. The molecule has 0 aromatic rings. The summed E-state index contributed by atoms with van der Waals surface area (Å²) >= 11 is 0. The lowest BCUT2D eigenvalue weighted by atomic mass is 9.89. The SMILES string of the molecule is BCCC1CCOCC1. The monoisotopic (exact) mass is 126 g/mol. The van der Waals surface area contributed by atoms with E-state index in [9.17, 15) is 0 Å². The molecule has 1 nitrogen and oxygen atoms in total. The Hall–Kier alpha value is 0.0249. The van der Waals surface area contributed by atoms with E-state index in [-0.39, 0.29) is 0 Å². The lowest BCUT2D eigenvalue weighted by molar-refractivity contribution is 0.0654. The van der Waals surface area contributed by atoms with Gasteiger partial charge in [-0.15, -0.1) is 0 Å². The Balaban J connectivity index is 2.08. The fourth-order valence-electron chi connectivity index (χ4n) is 1.44. The second kappa shape index (κ2) is 3.94. The highest BCUT2D eigenvalue weighted by atomic mass is 16.5. The Kier molecular flexibility index (Phi) is 3.12. The van der Waals surface area contributed by atoms with E-state index < -0.39 is 0 Å². The Morgan fingerprint density at radius 1 is 1.33 bits per heavy atom. The van der Waals surface area contributed by atoms with Gasteiger partial charge in [-0.1, -0.05) is 12.7 Å². The lowest BCUT2D eigenvalue weighted by Gasteiger charge is -2.20. The fourth-order valence-corrected chi connectivity index (χ4v) is 1.44. The van der Waals surface area contributed by atoms with E-state index in [1.807, 2.05) is 0 Å².